The summed E-state index contributed by atoms with van der Waals surface area (Å²) in [6.07, 6.45) is 5.46. The highest BCUT2D eigenvalue weighted by Gasteiger charge is 2.26. The average Bonchev–Trinajstić information content (AvgIpc) is 2.86. The van der Waals surface area contributed by atoms with Crippen molar-refractivity contribution in [1.29, 1.82) is 0 Å². The van der Waals surface area contributed by atoms with Gasteiger partial charge in [0.2, 0.25) is 0 Å². The van der Waals surface area contributed by atoms with Crippen molar-refractivity contribution in [3.05, 3.63) is 71.0 Å². The molecular formula is C27H27ClF2N6O. The largest absolute Gasteiger partial charge is 0.507 e. The number of piperidine rings is 1. The number of benzene rings is 2. The minimum atomic E-state index is -0.799. The Morgan fingerprint density at radius 1 is 1.08 bits per heavy atom. The molecule has 2 aromatic carbocycles. The van der Waals surface area contributed by atoms with Gasteiger partial charge in [0.25, 0.3) is 0 Å². The molecule has 192 valence electrons. The maximum Gasteiger partial charge on any atom is 0.159 e. The number of phenols is 1. The predicted molar refractivity (Wildman–Crippen MR) is 139 cm³/mol. The fourth-order valence-corrected chi connectivity index (χ4v) is 5.14. The molecule has 1 N–H and O–H groups in total. The molecule has 0 unspecified atom stereocenters. The molecule has 0 amide bonds. The van der Waals surface area contributed by atoms with Crippen LogP contribution in [-0.4, -0.2) is 50.1 Å². The molecule has 0 aliphatic carbocycles. The predicted octanol–water partition coefficient (Wildman–Crippen LogP) is 5.59. The van der Waals surface area contributed by atoms with Crippen molar-refractivity contribution in [1.82, 2.24) is 24.8 Å². The van der Waals surface area contributed by atoms with E-state index in [4.69, 9.17) is 16.6 Å². The van der Waals surface area contributed by atoms with Gasteiger partial charge < -0.3 is 10.0 Å². The normalized spacial score (nSPS) is 16.1. The van der Waals surface area contributed by atoms with Crippen molar-refractivity contribution in [3.8, 4) is 16.9 Å². The lowest BCUT2D eigenvalue weighted by molar-refractivity contribution is 0.302. The van der Waals surface area contributed by atoms with Crippen molar-refractivity contribution in [2.45, 2.75) is 32.9 Å². The fraction of sp³-hybridized carbons (Fsp3) is 0.333. The molecule has 1 aliphatic heterocycles. The van der Waals surface area contributed by atoms with Gasteiger partial charge in [0.1, 0.15) is 34.6 Å². The third-order valence-corrected chi connectivity index (χ3v) is 6.85. The summed E-state index contributed by atoms with van der Waals surface area (Å²) in [4.78, 5) is 22.0. The minimum Gasteiger partial charge on any atom is -0.507 e. The van der Waals surface area contributed by atoms with E-state index < -0.39 is 17.4 Å². The maximum absolute atomic E-state index is 16.2. The number of nitrogens with zero attached hydrogens (tertiary/aromatic N) is 6. The number of hydrogen-bond acceptors (Lipinski definition) is 7. The number of anilines is 1. The molecule has 1 aliphatic rings. The lowest BCUT2D eigenvalue weighted by Gasteiger charge is -2.33. The monoisotopic (exact) mass is 524 g/mol. The lowest BCUT2D eigenvalue weighted by Crippen LogP contribution is -2.35. The number of hydrogen-bond donors (Lipinski definition) is 1. The number of halogens is 3. The van der Waals surface area contributed by atoms with E-state index in [1.165, 1.54) is 12.1 Å². The van der Waals surface area contributed by atoms with E-state index in [9.17, 15) is 9.50 Å². The summed E-state index contributed by atoms with van der Waals surface area (Å²) >= 11 is 6.53. The standard InChI is InChI=1S/C27H27ClF2N6O/c1-16-6-4-11-36(13-16)27-17-12-18(28)23(24-19(29)7-3-8-20(24)37)25(30)26(17)33-22(34-27)15-35(2)14-21-31-9-5-10-32-21/h3,5,7-10,12,16,37H,4,6,11,13-15H2,1-2H3/t16-/m1/s1. The molecule has 4 aromatic rings. The minimum absolute atomic E-state index is 0.0218. The molecule has 1 atom stereocenters. The first kappa shape index (κ1) is 25.2. The molecule has 0 spiro atoms. The molecule has 37 heavy (non-hydrogen) atoms. The van der Waals surface area contributed by atoms with Crippen LogP contribution in [-0.2, 0) is 13.1 Å². The van der Waals surface area contributed by atoms with Crippen LogP contribution < -0.4 is 4.90 Å². The van der Waals surface area contributed by atoms with E-state index in [0.717, 1.165) is 32.0 Å². The van der Waals surface area contributed by atoms with E-state index in [-0.39, 0.29) is 21.7 Å². The third-order valence-electron chi connectivity index (χ3n) is 6.55. The molecule has 3 heterocycles. The smallest absolute Gasteiger partial charge is 0.159 e. The molecule has 1 saturated heterocycles. The molecule has 10 heteroatoms. The van der Waals surface area contributed by atoms with Crippen LogP contribution in [0.2, 0.25) is 5.02 Å². The first-order valence-electron chi connectivity index (χ1n) is 12.2. The summed E-state index contributed by atoms with van der Waals surface area (Å²) < 4.78 is 30.9. The molecule has 5 rings (SSSR count). The van der Waals surface area contributed by atoms with Gasteiger partial charge in [-0.15, -0.1) is 0 Å². The highest BCUT2D eigenvalue weighted by molar-refractivity contribution is 6.34. The average molecular weight is 525 g/mol. The third kappa shape index (κ3) is 5.19. The zero-order chi connectivity index (χ0) is 26.1. The summed E-state index contributed by atoms with van der Waals surface area (Å²) in [6.45, 7) is 4.49. The van der Waals surface area contributed by atoms with E-state index in [1.54, 1.807) is 24.5 Å². The Morgan fingerprint density at radius 2 is 1.84 bits per heavy atom. The summed E-state index contributed by atoms with van der Waals surface area (Å²) in [5.41, 5.74) is -0.485. The number of aromatic nitrogens is 4. The van der Waals surface area contributed by atoms with E-state index in [0.29, 0.717) is 41.9 Å². The number of phenolic OH excluding ortho intramolecular Hbond substituents is 1. The topological polar surface area (TPSA) is 78.3 Å². The first-order chi connectivity index (χ1) is 17.8. The van der Waals surface area contributed by atoms with Crippen LogP contribution >= 0.6 is 11.6 Å². The van der Waals surface area contributed by atoms with Gasteiger partial charge in [0, 0.05) is 36.4 Å². The van der Waals surface area contributed by atoms with Crippen molar-refractivity contribution in [2.75, 3.05) is 25.0 Å². The zero-order valence-electron chi connectivity index (χ0n) is 20.6. The second kappa shape index (κ2) is 10.5. The fourth-order valence-electron chi connectivity index (χ4n) is 4.86. The Morgan fingerprint density at radius 3 is 2.57 bits per heavy atom. The summed E-state index contributed by atoms with van der Waals surface area (Å²) in [5.74, 6) is 0.127. The highest BCUT2D eigenvalue weighted by atomic mass is 35.5. The van der Waals surface area contributed by atoms with Crippen LogP contribution in [0.3, 0.4) is 0 Å². The Labute approximate surface area is 218 Å². The van der Waals surface area contributed by atoms with Gasteiger partial charge in [-0.2, -0.15) is 0 Å². The van der Waals surface area contributed by atoms with Crippen molar-refractivity contribution in [3.63, 3.8) is 0 Å². The molecule has 0 radical (unpaired) electrons. The van der Waals surface area contributed by atoms with Gasteiger partial charge >= 0.3 is 0 Å². The number of fused-ring (bicyclic) bond motifs is 1. The summed E-state index contributed by atoms with van der Waals surface area (Å²) in [7, 11) is 1.88. The van der Waals surface area contributed by atoms with E-state index in [2.05, 4.69) is 26.8 Å². The van der Waals surface area contributed by atoms with Crippen molar-refractivity contribution >= 4 is 28.3 Å². The maximum atomic E-state index is 16.2. The van der Waals surface area contributed by atoms with Gasteiger partial charge in [-0.1, -0.05) is 24.6 Å². The molecule has 0 saturated carbocycles. The number of aromatic hydroxyl groups is 1. The first-order valence-corrected chi connectivity index (χ1v) is 12.6. The van der Waals surface area contributed by atoms with E-state index >= 15 is 4.39 Å². The van der Waals surface area contributed by atoms with Crippen LogP contribution in [0.15, 0.2) is 42.7 Å². The second-order valence-corrected chi connectivity index (χ2v) is 9.98. The van der Waals surface area contributed by atoms with Gasteiger partial charge in [0.05, 0.1) is 23.7 Å². The van der Waals surface area contributed by atoms with Gasteiger partial charge in [-0.3, -0.25) is 4.90 Å². The Balaban J connectivity index is 1.64. The zero-order valence-corrected chi connectivity index (χ0v) is 21.4. The van der Waals surface area contributed by atoms with Crippen LogP contribution in [0, 0.1) is 17.6 Å². The summed E-state index contributed by atoms with van der Waals surface area (Å²) in [5, 5.41) is 10.8. The lowest BCUT2D eigenvalue weighted by atomic mass is 9.98. The van der Waals surface area contributed by atoms with Gasteiger partial charge in [-0.05, 0) is 50.1 Å². The van der Waals surface area contributed by atoms with E-state index in [1.807, 2.05) is 11.9 Å². The van der Waals surface area contributed by atoms with Crippen LogP contribution in [0.5, 0.6) is 5.75 Å². The molecular weight excluding hydrogens is 498 g/mol. The molecule has 0 bridgehead atoms. The van der Waals surface area contributed by atoms with Crippen LogP contribution in [0.4, 0.5) is 14.6 Å². The highest BCUT2D eigenvalue weighted by Crippen LogP contribution is 2.42. The molecule has 2 aromatic heterocycles. The van der Waals surface area contributed by atoms with Crippen LogP contribution in [0.1, 0.15) is 31.4 Å². The van der Waals surface area contributed by atoms with Crippen molar-refractivity contribution in [2.24, 2.45) is 5.92 Å². The molecule has 7 nitrogen and oxygen atoms in total. The van der Waals surface area contributed by atoms with Crippen LogP contribution in [0.25, 0.3) is 22.0 Å². The Hall–Kier alpha value is -3.43. The Kier molecular flexibility index (Phi) is 7.17. The van der Waals surface area contributed by atoms with Gasteiger partial charge in [-0.25, -0.2) is 28.7 Å². The quantitative estimate of drug-likeness (QED) is 0.352. The van der Waals surface area contributed by atoms with Gasteiger partial charge in [0.15, 0.2) is 5.82 Å². The Bertz CT molecular complexity index is 1420. The SMILES string of the molecule is C[C@@H]1CCCN(c2nc(CN(C)Cc3ncccn3)nc3c(F)c(-c4c(O)cccc4F)c(Cl)cc23)C1. The summed E-state index contributed by atoms with van der Waals surface area (Å²) in [6, 6.07) is 7.12. The molecule has 1 fully saturated rings. The number of rotatable bonds is 6. The van der Waals surface area contributed by atoms with Crippen molar-refractivity contribution < 1.29 is 13.9 Å². The second-order valence-electron chi connectivity index (χ2n) is 9.57.